The average molecular weight is 197 g/mol. The van der Waals surface area contributed by atoms with Crippen LogP contribution in [0.3, 0.4) is 0 Å². The van der Waals surface area contributed by atoms with Crippen LogP contribution in [0, 0.1) is 0 Å². The quantitative estimate of drug-likeness (QED) is 0.766. The highest BCUT2D eigenvalue weighted by molar-refractivity contribution is 5.45. The van der Waals surface area contributed by atoms with Crippen molar-refractivity contribution in [1.29, 1.82) is 0 Å². The van der Waals surface area contributed by atoms with E-state index in [1.807, 2.05) is 6.07 Å². The smallest absolute Gasteiger partial charge is 0.164 e. The maximum atomic E-state index is 5.34. The van der Waals surface area contributed by atoms with Gasteiger partial charge in [0.15, 0.2) is 11.5 Å². The molecule has 0 aliphatic heterocycles. The Hall–Kier alpha value is -1.42. The SMILES string of the molecule is COc1ccc(OCCN)cc1OC. The highest BCUT2D eigenvalue weighted by Crippen LogP contribution is 2.30. The van der Waals surface area contributed by atoms with E-state index in [2.05, 4.69) is 0 Å². The Balaban J connectivity index is 2.79. The number of hydrogen-bond donors (Lipinski definition) is 1. The zero-order valence-electron chi connectivity index (χ0n) is 8.45. The predicted octanol–water partition coefficient (Wildman–Crippen LogP) is 1.04. The van der Waals surface area contributed by atoms with E-state index in [1.165, 1.54) is 0 Å². The predicted molar refractivity (Wildman–Crippen MR) is 54.1 cm³/mol. The van der Waals surface area contributed by atoms with Gasteiger partial charge in [-0.2, -0.15) is 0 Å². The first-order valence-electron chi connectivity index (χ1n) is 4.36. The second kappa shape index (κ2) is 5.34. The lowest BCUT2D eigenvalue weighted by molar-refractivity contribution is 0.319. The van der Waals surface area contributed by atoms with E-state index in [0.29, 0.717) is 24.7 Å². The van der Waals surface area contributed by atoms with Crippen molar-refractivity contribution in [2.45, 2.75) is 0 Å². The van der Waals surface area contributed by atoms with Crippen LogP contribution in [0.5, 0.6) is 17.2 Å². The van der Waals surface area contributed by atoms with E-state index in [4.69, 9.17) is 19.9 Å². The lowest BCUT2D eigenvalue weighted by Gasteiger charge is -2.10. The van der Waals surface area contributed by atoms with E-state index < -0.39 is 0 Å². The number of benzene rings is 1. The van der Waals surface area contributed by atoms with E-state index in [0.717, 1.165) is 5.75 Å². The molecule has 0 saturated carbocycles. The molecule has 0 heterocycles. The number of rotatable bonds is 5. The van der Waals surface area contributed by atoms with E-state index >= 15 is 0 Å². The number of methoxy groups -OCH3 is 2. The summed E-state index contributed by atoms with van der Waals surface area (Å²) in [5, 5.41) is 0. The molecule has 0 amide bonds. The van der Waals surface area contributed by atoms with Crippen LogP contribution in [-0.4, -0.2) is 27.4 Å². The van der Waals surface area contributed by atoms with Crippen LogP contribution in [0.1, 0.15) is 0 Å². The van der Waals surface area contributed by atoms with E-state index in [9.17, 15) is 0 Å². The van der Waals surface area contributed by atoms with Gasteiger partial charge in [0.05, 0.1) is 14.2 Å². The first kappa shape index (κ1) is 10.7. The minimum atomic E-state index is 0.494. The van der Waals surface area contributed by atoms with Crippen molar-refractivity contribution in [2.75, 3.05) is 27.4 Å². The summed E-state index contributed by atoms with van der Waals surface area (Å²) in [6, 6.07) is 5.39. The highest BCUT2D eigenvalue weighted by atomic mass is 16.5. The summed E-state index contributed by atoms with van der Waals surface area (Å²) in [6.45, 7) is 0.990. The fraction of sp³-hybridized carbons (Fsp3) is 0.400. The topological polar surface area (TPSA) is 53.7 Å². The first-order valence-corrected chi connectivity index (χ1v) is 4.36. The molecule has 0 atom stereocenters. The number of hydrogen-bond acceptors (Lipinski definition) is 4. The molecule has 0 radical (unpaired) electrons. The lowest BCUT2D eigenvalue weighted by atomic mass is 10.3. The van der Waals surface area contributed by atoms with Gasteiger partial charge in [0.2, 0.25) is 0 Å². The molecule has 0 spiro atoms. The molecule has 0 bridgehead atoms. The van der Waals surface area contributed by atoms with Crippen molar-refractivity contribution in [3.05, 3.63) is 18.2 Å². The van der Waals surface area contributed by atoms with Crippen molar-refractivity contribution in [3.63, 3.8) is 0 Å². The summed E-state index contributed by atoms with van der Waals surface area (Å²) in [6.07, 6.45) is 0. The molecule has 4 nitrogen and oxygen atoms in total. The van der Waals surface area contributed by atoms with Crippen LogP contribution >= 0.6 is 0 Å². The van der Waals surface area contributed by atoms with Gasteiger partial charge in [-0.25, -0.2) is 0 Å². The van der Waals surface area contributed by atoms with Gasteiger partial charge in [-0.05, 0) is 12.1 Å². The maximum Gasteiger partial charge on any atom is 0.164 e. The van der Waals surface area contributed by atoms with Crippen molar-refractivity contribution in [2.24, 2.45) is 5.73 Å². The van der Waals surface area contributed by atoms with E-state index in [1.54, 1.807) is 26.4 Å². The Morgan fingerprint density at radius 2 is 1.86 bits per heavy atom. The van der Waals surface area contributed by atoms with Crippen LogP contribution < -0.4 is 19.9 Å². The highest BCUT2D eigenvalue weighted by Gasteiger charge is 2.04. The molecule has 14 heavy (non-hydrogen) atoms. The molecule has 0 unspecified atom stereocenters. The summed E-state index contributed by atoms with van der Waals surface area (Å²) in [5.41, 5.74) is 5.32. The first-order chi connectivity index (χ1) is 6.81. The van der Waals surface area contributed by atoms with E-state index in [-0.39, 0.29) is 0 Å². The molecule has 0 saturated heterocycles. The van der Waals surface area contributed by atoms with Crippen molar-refractivity contribution < 1.29 is 14.2 Å². The minimum Gasteiger partial charge on any atom is -0.493 e. The monoisotopic (exact) mass is 197 g/mol. The Bertz CT molecular complexity index is 289. The van der Waals surface area contributed by atoms with Gasteiger partial charge < -0.3 is 19.9 Å². The minimum absolute atomic E-state index is 0.494. The summed E-state index contributed by atoms with van der Waals surface area (Å²) >= 11 is 0. The van der Waals surface area contributed by atoms with Gasteiger partial charge >= 0.3 is 0 Å². The molecule has 4 heteroatoms. The van der Waals surface area contributed by atoms with Gasteiger partial charge in [-0.15, -0.1) is 0 Å². The summed E-state index contributed by atoms with van der Waals surface area (Å²) in [7, 11) is 3.18. The molecule has 2 N–H and O–H groups in total. The summed E-state index contributed by atoms with van der Waals surface area (Å²) in [4.78, 5) is 0. The van der Waals surface area contributed by atoms with Crippen molar-refractivity contribution in [1.82, 2.24) is 0 Å². The molecule has 1 aromatic rings. The van der Waals surface area contributed by atoms with Gasteiger partial charge in [0.1, 0.15) is 12.4 Å². The zero-order valence-corrected chi connectivity index (χ0v) is 8.45. The standard InChI is InChI=1S/C10H15NO3/c1-12-9-4-3-8(14-6-5-11)7-10(9)13-2/h3-4,7H,5-6,11H2,1-2H3. The van der Waals surface area contributed by atoms with Crippen molar-refractivity contribution >= 4 is 0 Å². The number of nitrogens with two attached hydrogens (primary N) is 1. The summed E-state index contributed by atoms with van der Waals surface area (Å²) < 4.78 is 15.5. The van der Waals surface area contributed by atoms with Crippen LogP contribution in [0.2, 0.25) is 0 Å². The third-order valence-electron chi connectivity index (χ3n) is 1.74. The van der Waals surface area contributed by atoms with Gasteiger partial charge in [0.25, 0.3) is 0 Å². The fourth-order valence-electron chi connectivity index (χ4n) is 1.08. The maximum absolute atomic E-state index is 5.34. The Labute approximate surface area is 83.6 Å². The Morgan fingerprint density at radius 1 is 1.14 bits per heavy atom. The largest absolute Gasteiger partial charge is 0.493 e. The third-order valence-corrected chi connectivity index (χ3v) is 1.74. The molecule has 0 aliphatic carbocycles. The summed E-state index contributed by atoms with van der Waals surface area (Å²) in [5.74, 6) is 2.07. The van der Waals surface area contributed by atoms with Crippen LogP contribution in [-0.2, 0) is 0 Å². The molecular weight excluding hydrogens is 182 g/mol. The second-order valence-corrected chi connectivity index (χ2v) is 2.65. The average Bonchev–Trinajstić information content (AvgIpc) is 2.25. The van der Waals surface area contributed by atoms with Crippen molar-refractivity contribution in [3.8, 4) is 17.2 Å². The molecule has 0 aliphatic rings. The molecular formula is C10H15NO3. The molecule has 1 aromatic carbocycles. The van der Waals surface area contributed by atoms with Gasteiger partial charge in [-0.1, -0.05) is 0 Å². The normalized spacial score (nSPS) is 9.64. The molecule has 1 rings (SSSR count). The molecule has 0 aromatic heterocycles. The molecule has 78 valence electrons. The van der Waals surface area contributed by atoms with Crippen LogP contribution in [0.25, 0.3) is 0 Å². The second-order valence-electron chi connectivity index (χ2n) is 2.65. The lowest BCUT2D eigenvalue weighted by Crippen LogP contribution is -2.10. The van der Waals surface area contributed by atoms with Crippen LogP contribution in [0.15, 0.2) is 18.2 Å². The Kier molecular flexibility index (Phi) is 4.07. The number of ether oxygens (including phenoxy) is 3. The zero-order chi connectivity index (χ0) is 10.4. The van der Waals surface area contributed by atoms with Gasteiger partial charge in [-0.3, -0.25) is 0 Å². The third kappa shape index (κ3) is 2.53. The van der Waals surface area contributed by atoms with Crippen LogP contribution in [0.4, 0.5) is 0 Å². The molecule has 0 fully saturated rings. The fourth-order valence-corrected chi connectivity index (χ4v) is 1.08. The van der Waals surface area contributed by atoms with Gasteiger partial charge in [0, 0.05) is 12.6 Å². The Morgan fingerprint density at radius 3 is 2.43 bits per heavy atom.